The Morgan fingerprint density at radius 3 is 2.57 bits per heavy atom. The number of ether oxygens (including phenoxy) is 2. The Balaban J connectivity index is 1.41. The monoisotopic (exact) mass is 472 g/mol. The molecule has 0 radical (unpaired) electrons. The summed E-state index contributed by atoms with van der Waals surface area (Å²) in [5.41, 5.74) is 6.46. The molecule has 2 aliphatic rings. The number of aryl methyl sites for hydroxylation is 2. The van der Waals surface area contributed by atoms with Gasteiger partial charge in [-0.3, -0.25) is 4.90 Å². The van der Waals surface area contributed by atoms with Crippen LogP contribution in [-0.2, 0) is 16.0 Å². The summed E-state index contributed by atoms with van der Waals surface area (Å²) in [6.07, 6.45) is 0.995. The minimum absolute atomic E-state index is 0.0252. The fourth-order valence-corrected chi connectivity index (χ4v) is 5.61. The van der Waals surface area contributed by atoms with Gasteiger partial charge in [0.1, 0.15) is 11.6 Å². The van der Waals surface area contributed by atoms with E-state index in [0.29, 0.717) is 0 Å². The first-order chi connectivity index (χ1) is 17.2. The van der Waals surface area contributed by atoms with Crippen molar-refractivity contribution in [1.82, 2.24) is 19.6 Å². The Hall–Kier alpha value is -3.00. The third-order valence-corrected chi connectivity index (χ3v) is 7.39. The zero-order chi connectivity index (χ0) is 23.8. The molecule has 0 aliphatic carbocycles. The summed E-state index contributed by atoms with van der Waals surface area (Å²) in [6, 6.07) is 17.1. The lowest BCUT2D eigenvalue weighted by molar-refractivity contribution is 0.0363. The first-order valence-electron chi connectivity index (χ1n) is 12.6. The third-order valence-electron chi connectivity index (χ3n) is 7.39. The summed E-state index contributed by atoms with van der Waals surface area (Å²) in [7, 11) is 0. The first kappa shape index (κ1) is 22.5. The van der Waals surface area contributed by atoms with Crippen molar-refractivity contribution in [1.29, 1.82) is 0 Å². The van der Waals surface area contributed by atoms with Gasteiger partial charge in [-0.2, -0.15) is 0 Å². The van der Waals surface area contributed by atoms with Gasteiger partial charge in [-0.1, -0.05) is 41.6 Å². The van der Waals surface area contributed by atoms with Gasteiger partial charge in [0.25, 0.3) is 0 Å². The van der Waals surface area contributed by atoms with Crippen LogP contribution in [-0.4, -0.2) is 59.1 Å². The molecular formula is C28H32N4O3. The average Bonchev–Trinajstić information content (AvgIpc) is 3.60. The number of fused-ring (bicyclic) bond motifs is 1. The molecule has 2 aromatic heterocycles. The van der Waals surface area contributed by atoms with Crippen LogP contribution in [0.2, 0.25) is 0 Å². The van der Waals surface area contributed by atoms with Crippen LogP contribution >= 0.6 is 0 Å². The molecule has 4 heterocycles. The van der Waals surface area contributed by atoms with Crippen LogP contribution in [0.3, 0.4) is 0 Å². The smallest absolute Gasteiger partial charge is 0.141 e. The average molecular weight is 473 g/mol. The number of aromatic nitrogens is 3. The number of benzene rings is 2. The number of imidazole rings is 1. The van der Waals surface area contributed by atoms with Gasteiger partial charge in [-0.25, -0.2) is 4.98 Å². The molecule has 2 atom stereocenters. The molecule has 0 N–H and O–H groups in total. The highest BCUT2D eigenvalue weighted by atomic mass is 16.5. The van der Waals surface area contributed by atoms with E-state index in [9.17, 15) is 0 Å². The molecule has 7 heteroatoms. The molecule has 0 bridgehead atoms. The summed E-state index contributed by atoms with van der Waals surface area (Å²) in [5, 5.41) is 4.15. The van der Waals surface area contributed by atoms with E-state index < -0.39 is 0 Å². The number of hydrogen-bond donors (Lipinski definition) is 0. The van der Waals surface area contributed by atoms with Crippen LogP contribution < -0.4 is 0 Å². The largest absolute Gasteiger partial charge is 0.379 e. The Bertz CT molecular complexity index is 1290. The van der Waals surface area contributed by atoms with Crippen molar-refractivity contribution >= 4 is 11.0 Å². The normalized spacial score (nSPS) is 21.2. The lowest BCUT2D eigenvalue weighted by Gasteiger charge is -2.27. The molecule has 6 rings (SSSR count). The van der Waals surface area contributed by atoms with Crippen LogP contribution in [0.5, 0.6) is 0 Å². The second-order valence-corrected chi connectivity index (χ2v) is 9.58. The van der Waals surface area contributed by atoms with Crippen LogP contribution in [0.4, 0.5) is 0 Å². The number of nitrogens with zero attached hydrogens (tertiary/aromatic N) is 4. The van der Waals surface area contributed by atoms with E-state index in [2.05, 4.69) is 63.2 Å². The van der Waals surface area contributed by atoms with E-state index in [1.54, 1.807) is 0 Å². The van der Waals surface area contributed by atoms with Crippen molar-refractivity contribution in [2.24, 2.45) is 0 Å². The van der Waals surface area contributed by atoms with Crippen molar-refractivity contribution in [3.05, 3.63) is 71.4 Å². The minimum atomic E-state index is 0.0252. The molecular weight excluding hydrogens is 440 g/mol. The van der Waals surface area contributed by atoms with E-state index >= 15 is 0 Å². The van der Waals surface area contributed by atoms with Gasteiger partial charge in [0.15, 0.2) is 0 Å². The molecule has 2 aromatic carbocycles. The van der Waals surface area contributed by atoms with Crippen molar-refractivity contribution in [2.75, 3.05) is 39.5 Å². The zero-order valence-corrected chi connectivity index (χ0v) is 20.4. The van der Waals surface area contributed by atoms with Crippen molar-refractivity contribution in [2.45, 2.75) is 38.8 Å². The van der Waals surface area contributed by atoms with Crippen molar-refractivity contribution < 1.29 is 14.0 Å². The molecule has 2 aliphatic heterocycles. The van der Waals surface area contributed by atoms with Gasteiger partial charge in [0.05, 0.1) is 36.0 Å². The Morgan fingerprint density at radius 2 is 1.80 bits per heavy atom. The molecule has 7 nitrogen and oxygen atoms in total. The maximum atomic E-state index is 6.26. The molecule has 35 heavy (non-hydrogen) atoms. The van der Waals surface area contributed by atoms with E-state index in [1.807, 2.05) is 13.8 Å². The van der Waals surface area contributed by atoms with E-state index in [0.717, 1.165) is 86.3 Å². The topological polar surface area (TPSA) is 65.6 Å². The maximum Gasteiger partial charge on any atom is 0.141 e. The summed E-state index contributed by atoms with van der Waals surface area (Å²) >= 11 is 0. The number of hydrogen-bond acceptors (Lipinski definition) is 6. The van der Waals surface area contributed by atoms with Gasteiger partial charge >= 0.3 is 0 Å². The summed E-state index contributed by atoms with van der Waals surface area (Å²) in [5.74, 6) is 2.18. The number of rotatable bonds is 6. The quantitative estimate of drug-likeness (QED) is 0.398. The zero-order valence-electron chi connectivity index (χ0n) is 20.4. The second-order valence-electron chi connectivity index (χ2n) is 9.58. The minimum Gasteiger partial charge on any atom is -0.379 e. The lowest BCUT2D eigenvalue weighted by atomic mass is 9.94. The maximum absolute atomic E-state index is 6.26. The highest BCUT2D eigenvalue weighted by Crippen LogP contribution is 2.42. The molecule has 0 amide bonds. The van der Waals surface area contributed by atoms with Gasteiger partial charge < -0.3 is 18.6 Å². The molecule has 2 saturated heterocycles. The lowest BCUT2D eigenvalue weighted by Crippen LogP contribution is -2.38. The van der Waals surface area contributed by atoms with Crippen LogP contribution in [0, 0.1) is 13.8 Å². The van der Waals surface area contributed by atoms with Crippen LogP contribution in [0.15, 0.2) is 53.1 Å². The SMILES string of the molecule is Cc1noc(C)c1-c1ccc2c(c1)nc([C@H]1CCO[C@@H]1c1ccccc1)n2CCN1CCOCC1. The van der Waals surface area contributed by atoms with Crippen LogP contribution in [0.25, 0.3) is 22.2 Å². The second kappa shape index (κ2) is 9.57. The fourth-order valence-electron chi connectivity index (χ4n) is 5.61. The highest BCUT2D eigenvalue weighted by molar-refractivity contribution is 5.83. The van der Waals surface area contributed by atoms with E-state index in [4.69, 9.17) is 19.0 Å². The Kier molecular flexibility index (Phi) is 6.14. The van der Waals surface area contributed by atoms with Crippen molar-refractivity contribution in [3.8, 4) is 11.1 Å². The molecule has 0 saturated carbocycles. The Morgan fingerprint density at radius 1 is 0.971 bits per heavy atom. The van der Waals surface area contributed by atoms with Crippen molar-refractivity contribution in [3.63, 3.8) is 0 Å². The third kappa shape index (κ3) is 4.29. The summed E-state index contributed by atoms with van der Waals surface area (Å²) in [4.78, 5) is 7.74. The van der Waals surface area contributed by atoms with E-state index in [-0.39, 0.29) is 12.0 Å². The van der Waals surface area contributed by atoms with E-state index in [1.165, 1.54) is 11.1 Å². The molecule has 4 aromatic rings. The first-order valence-corrected chi connectivity index (χ1v) is 12.6. The van der Waals surface area contributed by atoms with Gasteiger partial charge in [0.2, 0.25) is 0 Å². The number of morpholine rings is 1. The molecule has 182 valence electrons. The van der Waals surface area contributed by atoms with Crippen LogP contribution in [0.1, 0.15) is 41.3 Å². The summed E-state index contributed by atoms with van der Waals surface area (Å²) < 4.78 is 19.7. The van der Waals surface area contributed by atoms with Gasteiger partial charge in [0, 0.05) is 44.3 Å². The predicted octanol–water partition coefficient (Wildman–Crippen LogP) is 4.89. The Labute approximate surface area is 205 Å². The molecule has 0 spiro atoms. The van der Waals surface area contributed by atoms with Gasteiger partial charge in [-0.15, -0.1) is 0 Å². The predicted molar refractivity (Wildman–Crippen MR) is 134 cm³/mol. The standard InChI is InChI=1S/C28H32N4O3/c1-19-26(20(2)35-30-19)22-8-9-25-24(18-22)29-28(32(25)12-11-31-13-16-33-17-14-31)23-10-15-34-27(23)21-6-4-3-5-7-21/h3-9,18,23,27H,10-17H2,1-2H3/t23-,27+/m0/s1. The van der Waals surface area contributed by atoms with Gasteiger partial charge in [-0.05, 0) is 43.5 Å². The summed E-state index contributed by atoms with van der Waals surface area (Å²) in [6.45, 7) is 10.2. The molecule has 0 unspecified atom stereocenters. The highest BCUT2D eigenvalue weighted by Gasteiger charge is 2.35. The fraction of sp³-hybridized carbons (Fsp3) is 0.429. The molecule has 2 fully saturated rings.